The Morgan fingerprint density at radius 3 is 2.52 bits per heavy atom. The summed E-state index contributed by atoms with van der Waals surface area (Å²) in [6.45, 7) is 5.42. The van der Waals surface area contributed by atoms with Crippen LogP contribution in [0, 0.1) is 13.8 Å². The molecule has 3 rings (SSSR count). The summed E-state index contributed by atoms with van der Waals surface area (Å²) in [7, 11) is 1.32. The minimum atomic E-state index is -0.480. The Bertz CT molecular complexity index is 1030. The molecule has 0 bridgehead atoms. The van der Waals surface area contributed by atoms with Crippen molar-refractivity contribution in [3.05, 3.63) is 59.4 Å². The number of hydrogen-bond donors (Lipinski definition) is 2. The van der Waals surface area contributed by atoms with Gasteiger partial charge in [-0.15, -0.1) is 0 Å². The lowest BCUT2D eigenvalue weighted by atomic mass is 10.0. The van der Waals surface area contributed by atoms with Crippen molar-refractivity contribution in [2.45, 2.75) is 26.8 Å². The first-order valence-electron chi connectivity index (χ1n) is 8.85. The van der Waals surface area contributed by atoms with Crippen LogP contribution in [-0.2, 0) is 4.74 Å². The monoisotopic (exact) mass is 395 g/mol. The Kier molecular flexibility index (Phi) is 5.82. The number of ether oxygens (including phenoxy) is 1. The number of urea groups is 1. The number of benzene rings is 1. The zero-order valence-corrected chi connectivity index (χ0v) is 16.5. The van der Waals surface area contributed by atoms with Crippen LogP contribution in [0.5, 0.6) is 0 Å². The molecule has 3 aromatic rings. The fraction of sp³-hybridized carbons (Fsp3) is 0.263. The minimum absolute atomic E-state index is 0.353. The lowest BCUT2D eigenvalue weighted by Crippen LogP contribution is -2.33. The van der Waals surface area contributed by atoms with Crippen LogP contribution in [0.2, 0.25) is 0 Å². The second kappa shape index (κ2) is 8.46. The van der Waals surface area contributed by atoms with Crippen molar-refractivity contribution < 1.29 is 14.3 Å². The Labute approximate surface area is 167 Å². The number of carbonyl (C=O) groups excluding carboxylic acids is 2. The second-order valence-electron chi connectivity index (χ2n) is 6.37. The molecule has 10 heteroatoms. The molecule has 2 N–H and O–H groups in total. The zero-order valence-electron chi connectivity index (χ0n) is 16.5. The summed E-state index contributed by atoms with van der Waals surface area (Å²) in [6.07, 6.45) is 4.56. The molecule has 150 valence electrons. The third-order valence-electron chi connectivity index (χ3n) is 4.28. The number of methoxy groups -OCH3 is 1. The Morgan fingerprint density at radius 2 is 1.83 bits per heavy atom. The predicted octanol–water partition coefficient (Wildman–Crippen LogP) is 2.34. The lowest BCUT2D eigenvalue weighted by molar-refractivity contribution is 0.0600. The fourth-order valence-corrected chi connectivity index (χ4v) is 2.84. The molecule has 0 fully saturated rings. The summed E-state index contributed by atoms with van der Waals surface area (Å²) in [5.41, 5.74) is 2.49. The molecule has 2 heterocycles. The summed E-state index contributed by atoms with van der Waals surface area (Å²) in [5.74, 6) is 0.365. The zero-order chi connectivity index (χ0) is 21.0. The van der Waals surface area contributed by atoms with Crippen LogP contribution in [-0.4, -0.2) is 43.8 Å². The number of esters is 1. The van der Waals surface area contributed by atoms with Crippen molar-refractivity contribution in [1.29, 1.82) is 0 Å². The number of hydrogen-bond acceptors (Lipinski definition) is 7. The molecule has 10 nitrogen and oxygen atoms in total. The number of rotatable bonds is 5. The molecule has 0 aliphatic rings. The third kappa shape index (κ3) is 4.37. The largest absolute Gasteiger partial charge is 0.465 e. The number of nitrogens with zero attached hydrogens (tertiary/aromatic N) is 5. The SMILES string of the molecule is COC(=O)c1cc(NC(=O)NC(C)c2ncnn2-c2ncccn2)c(C)cc1C. The summed E-state index contributed by atoms with van der Waals surface area (Å²) < 4.78 is 6.24. The molecule has 1 unspecified atom stereocenters. The first kappa shape index (κ1) is 19.9. The van der Waals surface area contributed by atoms with Gasteiger partial charge in [0, 0.05) is 18.1 Å². The smallest absolute Gasteiger partial charge is 0.338 e. The number of carbonyl (C=O) groups is 2. The number of anilines is 1. The first-order chi connectivity index (χ1) is 13.9. The highest BCUT2D eigenvalue weighted by molar-refractivity contribution is 5.95. The molecule has 0 aliphatic heterocycles. The van der Waals surface area contributed by atoms with Crippen molar-refractivity contribution in [2.24, 2.45) is 0 Å². The predicted molar refractivity (Wildman–Crippen MR) is 105 cm³/mol. The lowest BCUT2D eigenvalue weighted by Gasteiger charge is -2.16. The standard InChI is InChI=1S/C19H21N7O3/c1-11-8-12(2)15(9-14(11)17(27)29-4)25-19(28)24-13(3)16-22-10-23-26(16)18-20-6-5-7-21-18/h5-10,13H,1-4H3,(H2,24,25,28). The van der Waals surface area contributed by atoms with Gasteiger partial charge in [-0.2, -0.15) is 9.78 Å². The van der Waals surface area contributed by atoms with Gasteiger partial charge in [-0.1, -0.05) is 6.07 Å². The molecule has 2 amide bonds. The van der Waals surface area contributed by atoms with Gasteiger partial charge in [0.2, 0.25) is 0 Å². The molecule has 1 aromatic carbocycles. The number of amides is 2. The third-order valence-corrected chi connectivity index (χ3v) is 4.28. The van der Waals surface area contributed by atoms with Crippen LogP contribution >= 0.6 is 0 Å². The van der Waals surface area contributed by atoms with Crippen molar-refractivity contribution >= 4 is 17.7 Å². The van der Waals surface area contributed by atoms with E-state index in [4.69, 9.17) is 4.74 Å². The molecule has 29 heavy (non-hydrogen) atoms. The maximum Gasteiger partial charge on any atom is 0.338 e. The highest BCUT2D eigenvalue weighted by Gasteiger charge is 2.19. The van der Waals surface area contributed by atoms with Gasteiger partial charge in [0.25, 0.3) is 5.95 Å². The summed E-state index contributed by atoms with van der Waals surface area (Å²) in [6, 6.07) is 4.17. The van der Waals surface area contributed by atoms with Crippen molar-refractivity contribution in [3.63, 3.8) is 0 Å². The average molecular weight is 395 g/mol. The van der Waals surface area contributed by atoms with E-state index in [2.05, 4.69) is 30.7 Å². The Morgan fingerprint density at radius 1 is 1.10 bits per heavy atom. The van der Waals surface area contributed by atoms with Gasteiger partial charge in [-0.3, -0.25) is 0 Å². The molecular formula is C19H21N7O3. The van der Waals surface area contributed by atoms with Crippen LogP contribution in [0.4, 0.5) is 10.5 Å². The van der Waals surface area contributed by atoms with E-state index in [0.717, 1.165) is 11.1 Å². The van der Waals surface area contributed by atoms with Crippen molar-refractivity contribution in [1.82, 2.24) is 30.0 Å². The Balaban J connectivity index is 1.75. The normalized spacial score (nSPS) is 11.6. The quantitative estimate of drug-likeness (QED) is 0.635. The van der Waals surface area contributed by atoms with E-state index in [1.54, 1.807) is 31.5 Å². The molecule has 0 saturated heterocycles. The van der Waals surface area contributed by atoms with Gasteiger partial charge in [0.05, 0.1) is 18.7 Å². The van der Waals surface area contributed by atoms with E-state index < -0.39 is 18.0 Å². The molecule has 0 radical (unpaired) electrons. The van der Waals surface area contributed by atoms with Gasteiger partial charge in [0.15, 0.2) is 5.82 Å². The van der Waals surface area contributed by atoms with Gasteiger partial charge in [-0.05, 0) is 44.0 Å². The summed E-state index contributed by atoms with van der Waals surface area (Å²) >= 11 is 0. The average Bonchev–Trinajstić information content (AvgIpc) is 3.20. The van der Waals surface area contributed by atoms with Crippen LogP contribution in [0.3, 0.4) is 0 Å². The summed E-state index contributed by atoms with van der Waals surface area (Å²) in [4.78, 5) is 36.9. The minimum Gasteiger partial charge on any atom is -0.465 e. The summed E-state index contributed by atoms with van der Waals surface area (Å²) in [5, 5.41) is 9.68. The van der Waals surface area contributed by atoms with Crippen LogP contribution in [0.25, 0.3) is 5.95 Å². The van der Waals surface area contributed by atoms with E-state index in [-0.39, 0.29) is 0 Å². The van der Waals surface area contributed by atoms with Gasteiger partial charge in [0.1, 0.15) is 6.33 Å². The van der Waals surface area contributed by atoms with E-state index in [0.29, 0.717) is 23.0 Å². The van der Waals surface area contributed by atoms with Crippen molar-refractivity contribution in [3.8, 4) is 5.95 Å². The molecule has 0 spiro atoms. The van der Waals surface area contributed by atoms with Gasteiger partial charge in [-0.25, -0.2) is 24.5 Å². The van der Waals surface area contributed by atoms with E-state index in [9.17, 15) is 9.59 Å². The molecule has 0 aliphatic carbocycles. The number of aromatic nitrogens is 5. The van der Waals surface area contributed by atoms with Crippen LogP contribution in [0.15, 0.2) is 36.9 Å². The van der Waals surface area contributed by atoms with Crippen LogP contribution in [0.1, 0.15) is 40.3 Å². The highest BCUT2D eigenvalue weighted by atomic mass is 16.5. The maximum atomic E-state index is 12.5. The number of aryl methyl sites for hydroxylation is 2. The highest BCUT2D eigenvalue weighted by Crippen LogP contribution is 2.22. The fourth-order valence-electron chi connectivity index (χ4n) is 2.84. The molecule has 2 aromatic heterocycles. The molecular weight excluding hydrogens is 374 g/mol. The molecule has 1 atom stereocenters. The van der Waals surface area contributed by atoms with Gasteiger partial charge < -0.3 is 15.4 Å². The van der Waals surface area contributed by atoms with Crippen molar-refractivity contribution in [2.75, 3.05) is 12.4 Å². The first-order valence-corrected chi connectivity index (χ1v) is 8.85. The second-order valence-corrected chi connectivity index (χ2v) is 6.37. The Hall–Kier alpha value is -3.82. The topological polar surface area (TPSA) is 124 Å². The van der Waals surface area contributed by atoms with Crippen LogP contribution < -0.4 is 10.6 Å². The number of nitrogens with one attached hydrogen (secondary N) is 2. The van der Waals surface area contributed by atoms with E-state index >= 15 is 0 Å². The maximum absolute atomic E-state index is 12.5. The van der Waals surface area contributed by atoms with E-state index in [1.807, 2.05) is 19.9 Å². The molecule has 0 saturated carbocycles. The van der Waals surface area contributed by atoms with Gasteiger partial charge >= 0.3 is 12.0 Å². The van der Waals surface area contributed by atoms with E-state index in [1.165, 1.54) is 18.1 Å².